The standard InChI is InChI=1S/C15H17N3O2/c1-20-14-7-4-12(5-8-14)6-9-15(19)18-17-11-13-3-2-10-16-13/h2-5,7-8,10-11,16H,6,9H2,1H3,(H,18,19)/b17-11+. The highest BCUT2D eigenvalue weighted by molar-refractivity contribution is 5.80. The molecule has 2 aromatic rings. The summed E-state index contributed by atoms with van der Waals surface area (Å²) in [4.78, 5) is 14.6. The normalized spacial score (nSPS) is 10.7. The topological polar surface area (TPSA) is 66.5 Å². The zero-order valence-electron chi connectivity index (χ0n) is 11.3. The van der Waals surface area contributed by atoms with Crippen molar-refractivity contribution < 1.29 is 9.53 Å². The van der Waals surface area contributed by atoms with Crippen molar-refractivity contribution in [1.29, 1.82) is 0 Å². The summed E-state index contributed by atoms with van der Waals surface area (Å²) in [7, 11) is 1.63. The van der Waals surface area contributed by atoms with Crippen LogP contribution in [0, 0.1) is 0 Å². The van der Waals surface area contributed by atoms with Gasteiger partial charge in [-0.2, -0.15) is 5.10 Å². The van der Waals surface area contributed by atoms with Crippen LogP contribution in [0.2, 0.25) is 0 Å². The number of nitrogens with one attached hydrogen (secondary N) is 2. The molecule has 1 aromatic heterocycles. The number of hydrazone groups is 1. The molecule has 0 saturated carbocycles. The highest BCUT2D eigenvalue weighted by Gasteiger charge is 2.01. The second-order valence-electron chi connectivity index (χ2n) is 4.27. The average molecular weight is 271 g/mol. The van der Waals surface area contributed by atoms with Gasteiger partial charge in [0.2, 0.25) is 5.91 Å². The van der Waals surface area contributed by atoms with E-state index in [9.17, 15) is 4.79 Å². The Morgan fingerprint density at radius 3 is 2.80 bits per heavy atom. The minimum absolute atomic E-state index is 0.108. The average Bonchev–Trinajstić information content (AvgIpc) is 2.99. The Balaban J connectivity index is 1.74. The van der Waals surface area contributed by atoms with Crippen molar-refractivity contribution >= 4 is 12.1 Å². The Morgan fingerprint density at radius 2 is 2.15 bits per heavy atom. The highest BCUT2D eigenvalue weighted by atomic mass is 16.5. The molecule has 1 heterocycles. The number of aryl methyl sites for hydroxylation is 1. The maximum atomic E-state index is 11.6. The van der Waals surface area contributed by atoms with Gasteiger partial charge in [-0.05, 0) is 36.2 Å². The number of methoxy groups -OCH3 is 1. The number of ether oxygens (including phenoxy) is 1. The molecule has 2 N–H and O–H groups in total. The van der Waals surface area contributed by atoms with E-state index in [-0.39, 0.29) is 5.91 Å². The lowest BCUT2D eigenvalue weighted by atomic mass is 10.1. The van der Waals surface area contributed by atoms with Crippen molar-refractivity contribution in [3.8, 4) is 5.75 Å². The third-order valence-corrected chi connectivity index (χ3v) is 2.81. The number of amides is 1. The molecule has 1 aromatic carbocycles. The number of hydrogen-bond donors (Lipinski definition) is 2. The molecule has 0 aliphatic rings. The van der Waals surface area contributed by atoms with E-state index in [1.54, 1.807) is 19.5 Å². The summed E-state index contributed by atoms with van der Waals surface area (Å²) in [6.07, 6.45) is 4.44. The Labute approximate surface area is 117 Å². The molecule has 0 radical (unpaired) electrons. The van der Waals surface area contributed by atoms with E-state index in [4.69, 9.17) is 4.74 Å². The molecule has 0 unspecified atom stereocenters. The van der Waals surface area contributed by atoms with Gasteiger partial charge in [-0.15, -0.1) is 0 Å². The van der Waals surface area contributed by atoms with Crippen LogP contribution in [0.25, 0.3) is 0 Å². The van der Waals surface area contributed by atoms with Crippen LogP contribution < -0.4 is 10.2 Å². The van der Waals surface area contributed by atoms with E-state index < -0.39 is 0 Å². The molecule has 0 aliphatic carbocycles. The quantitative estimate of drug-likeness (QED) is 0.624. The Kier molecular flexibility index (Phi) is 4.94. The van der Waals surface area contributed by atoms with Gasteiger partial charge in [-0.1, -0.05) is 12.1 Å². The lowest BCUT2D eigenvalue weighted by Gasteiger charge is -2.03. The van der Waals surface area contributed by atoms with E-state index in [1.807, 2.05) is 36.4 Å². The fraction of sp³-hybridized carbons (Fsp3) is 0.200. The molecule has 104 valence electrons. The first-order valence-electron chi connectivity index (χ1n) is 6.36. The van der Waals surface area contributed by atoms with Crippen molar-refractivity contribution in [2.24, 2.45) is 5.10 Å². The van der Waals surface area contributed by atoms with Gasteiger partial charge in [0.25, 0.3) is 0 Å². The van der Waals surface area contributed by atoms with Gasteiger partial charge in [0.1, 0.15) is 5.75 Å². The maximum Gasteiger partial charge on any atom is 0.240 e. The Hall–Kier alpha value is -2.56. The zero-order valence-corrected chi connectivity index (χ0v) is 11.3. The van der Waals surface area contributed by atoms with Crippen LogP contribution in [-0.4, -0.2) is 24.2 Å². The van der Waals surface area contributed by atoms with Crippen LogP contribution in [0.3, 0.4) is 0 Å². The first kappa shape index (κ1) is 13.9. The molecule has 0 saturated heterocycles. The van der Waals surface area contributed by atoms with Crippen molar-refractivity contribution in [1.82, 2.24) is 10.4 Å². The fourth-order valence-corrected chi connectivity index (χ4v) is 1.70. The van der Waals surface area contributed by atoms with Gasteiger partial charge >= 0.3 is 0 Å². The zero-order chi connectivity index (χ0) is 14.2. The number of carbonyl (C=O) groups excluding carboxylic acids is 1. The summed E-state index contributed by atoms with van der Waals surface area (Å²) in [6, 6.07) is 11.4. The first-order valence-corrected chi connectivity index (χ1v) is 6.36. The molecule has 0 atom stereocenters. The second kappa shape index (κ2) is 7.13. The molecule has 0 bridgehead atoms. The first-order chi connectivity index (χ1) is 9.78. The predicted molar refractivity (Wildman–Crippen MR) is 77.8 cm³/mol. The van der Waals surface area contributed by atoms with Gasteiger partial charge in [0.05, 0.1) is 19.0 Å². The molecule has 20 heavy (non-hydrogen) atoms. The smallest absolute Gasteiger partial charge is 0.240 e. The summed E-state index contributed by atoms with van der Waals surface area (Å²) in [6.45, 7) is 0. The SMILES string of the molecule is COc1ccc(CCC(=O)N/N=C/c2ccc[nH]2)cc1. The Morgan fingerprint density at radius 1 is 1.35 bits per heavy atom. The van der Waals surface area contributed by atoms with Gasteiger partial charge in [-0.25, -0.2) is 5.43 Å². The summed E-state index contributed by atoms with van der Waals surface area (Å²) < 4.78 is 5.08. The van der Waals surface area contributed by atoms with Gasteiger partial charge in [0.15, 0.2) is 0 Å². The fourth-order valence-electron chi connectivity index (χ4n) is 1.70. The third-order valence-electron chi connectivity index (χ3n) is 2.81. The summed E-state index contributed by atoms with van der Waals surface area (Å²) >= 11 is 0. The number of carbonyl (C=O) groups is 1. The number of benzene rings is 1. The largest absolute Gasteiger partial charge is 0.497 e. The summed E-state index contributed by atoms with van der Waals surface area (Å²) in [5.41, 5.74) is 4.44. The molecular weight excluding hydrogens is 254 g/mol. The minimum Gasteiger partial charge on any atom is -0.497 e. The number of aromatic amines is 1. The summed E-state index contributed by atoms with van der Waals surface area (Å²) in [5, 5.41) is 3.88. The minimum atomic E-state index is -0.108. The lowest BCUT2D eigenvalue weighted by Crippen LogP contribution is -2.17. The summed E-state index contributed by atoms with van der Waals surface area (Å²) in [5.74, 6) is 0.706. The lowest BCUT2D eigenvalue weighted by molar-refractivity contribution is -0.121. The van der Waals surface area contributed by atoms with Crippen LogP contribution in [0.5, 0.6) is 5.75 Å². The number of aromatic nitrogens is 1. The molecule has 5 heteroatoms. The molecule has 0 spiro atoms. The van der Waals surface area contributed by atoms with Crippen LogP contribution in [0.1, 0.15) is 17.7 Å². The molecule has 2 rings (SSSR count). The number of nitrogens with zero attached hydrogens (tertiary/aromatic N) is 1. The molecular formula is C15H17N3O2. The molecule has 5 nitrogen and oxygen atoms in total. The van der Waals surface area contributed by atoms with Crippen molar-refractivity contribution in [2.75, 3.05) is 7.11 Å². The van der Waals surface area contributed by atoms with E-state index in [2.05, 4.69) is 15.5 Å². The Bertz CT molecular complexity index is 559. The molecule has 0 aliphatic heterocycles. The van der Waals surface area contributed by atoms with Gasteiger partial charge < -0.3 is 9.72 Å². The number of rotatable bonds is 6. The van der Waals surface area contributed by atoms with E-state index in [0.717, 1.165) is 17.0 Å². The van der Waals surface area contributed by atoms with Crippen molar-refractivity contribution in [3.05, 3.63) is 53.9 Å². The van der Waals surface area contributed by atoms with Crippen LogP contribution in [0.4, 0.5) is 0 Å². The third kappa shape index (κ3) is 4.28. The van der Waals surface area contributed by atoms with E-state index >= 15 is 0 Å². The maximum absolute atomic E-state index is 11.6. The molecule has 1 amide bonds. The van der Waals surface area contributed by atoms with E-state index in [1.165, 1.54) is 0 Å². The van der Waals surface area contributed by atoms with Gasteiger partial charge in [0, 0.05) is 12.6 Å². The molecule has 0 fully saturated rings. The van der Waals surface area contributed by atoms with Crippen molar-refractivity contribution in [2.45, 2.75) is 12.8 Å². The predicted octanol–water partition coefficient (Wildman–Crippen LogP) is 2.11. The monoisotopic (exact) mass is 271 g/mol. The number of hydrogen-bond acceptors (Lipinski definition) is 3. The van der Waals surface area contributed by atoms with Crippen molar-refractivity contribution in [3.63, 3.8) is 0 Å². The van der Waals surface area contributed by atoms with Crippen LogP contribution >= 0.6 is 0 Å². The van der Waals surface area contributed by atoms with Crippen LogP contribution in [0.15, 0.2) is 47.7 Å². The number of H-pyrrole nitrogens is 1. The second-order valence-corrected chi connectivity index (χ2v) is 4.27. The van der Waals surface area contributed by atoms with E-state index in [0.29, 0.717) is 12.8 Å². The highest BCUT2D eigenvalue weighted by Crippen LogP contribution is 2.12. The van der Waals surface area contributed by atoms with Crippen LogP contribution in [-0.2, 0) is 11.2 Å². The van der Waals surface area contributed by atoms with Gasteiger partial charge in [-0.3, -0.25) is 4.79 Å².